The van der Waals surface area contributed by atoms with Crippen molar-refractivity contribution in [1.29, 1.82) is 0 Å². The molecule has 0 aromatic rings. The van der Waals surface area contributed by atoms with Gasteiger partial charge < -0.3 is 83.9 Å². The highest BCUT2D eigenvalue weighted by atomic mass is 16.8. The number of ether oxygens (including phenoxy) is 8. The lowest BCUT2D eigenvalue weighted by molar-refractivity contribution is -0.391. The fourth-order valence-electron chi connectivity index (χ4n) is 14.6. The average molecular weight is 887 g/mol. The Kier molecular flexibility index (Phi) is 13.1. The van der Waals surface area contributed by atoms with E-state index in [2.05, 4.69) is 27.7 Å². The summed E-state index contributed by atoms with van der Waals surface area (Å²) in [5, 5.41) is 95.9. The van der Waals surface area contributed by atoms with Crippen LogP contribution in [0.5, 0.6) is 0 Å². The summed E-state index contributed by atoms with van der Waals surface area (Å²) in [6, 6.07) is 0. The number of hydrogen-bond donors (Lipinski definition) is 9. The van der Waals surface area contributed by atoms with E-state index in [4.69, 9.17) is 37.9 Å². The number of aliphatic hydroxyl groups excluding tert-OH is 9. The van der Waals surface area contributed by atoms with Crippen LogP contribution in [-0.2, 0) is 37.9 Å². The van der Waals surface area contributed by atoms with Crippen molar-refractivity contribution < 1.29 is 83.9 Å². The van der Waals surface area contributed by atoms with Crippen molar-refractivity contribution in [2.45, 2.75) is 209 Å². The van der Waals surface area contributed by atoms with E-state index in [1.165, 1.54) is 19.8 Å². The maximum atomic E-state index is 12.0. The first-order valence-electron chi connectivity index (χ1n) is 23.7. The molecule has 4 saturated carbocycles. The number of hydrogen-bond acceptors (Lipinski definition) is 17. The van der Waals surface area contributed by atoms with Crippen LogP contribution in [0.3, 0.4) is 0 Å². The Morgan fingerprint density at radius 2 is 1.24 bits per heavy atom. The first-order chi connectivity index (χ1) is 29.4. The molecule has 0 bridgehead atoms. The summed E-state index contributed by atoms with van der Waals surface area (Å²) in [6.45, 7) is 10.6. The molecular weight excluding hydrogens is 812 g/mol. The largest absolute Gasteiger partial charge is 0.394 e. The summed E-state index contributed by atoms with van der Waals surface area (Å²) in [6.07, 6.45) is -12.7. The Balaban J connectivity index is 0.902. The summed E-state index contributed by atoms with van der Waals surface area (Å²) >= 11 is 0. The van der Waals surface area contributed by atoms with E-state index in [1.807, 2.05) is 0 Å². The lowest BCUT2D eigenvalue weighted by Gasteiger charge is -2.61. The van der Waals surface area contributed by atoms with Gasteiger partial charge in [0.25, 0.3) is 0 Å². The van der Waals surface area contributed by atoms with Crippen molar-refractivity contribution >= 4 is 0 Å². The zero-order chi connectivity index (χ0) is 44.2. The maximum Gasteiger partial charge on any atom is 0.187 e. The van der Waals surface area contributed by atoms with Crippen LogP contribution >= 0.6 is 0 Å². The Morgan fingerprint density at radius 3 is 1.94 bits per heavy atom. The van der Waals surface area contributed by atoms with Crippen LogP contribution in [0.4, 0.5) is 0 Å². The topological polar surface area (TPSA) is 256 Å². The monoisotopic (exact) mass is 886 g/mol. The third-order valence-corrected chi connectivity index (χ3v) is 18.2. The number of fused-ring (bicyclic) bond motifs is 7. The van der Waals surface area contributed by atoms with Crippen LogP contribution in [0.2, 0.25) is 0 Å². The predicted molar refractivity (Wildman–Crippen MR) is 214 cm³/mol. The summed E-state index contributed by atoms with van der Waals surface area (Å²) in [4.78, 5) is 0. The maximum absolute atomic E-state index is 12.0. The van der Waals surface area contributed by atoms with Crippen molar-refractivity contribution in [3.8, 4) is 0 Å². The highest BCUT2D eigenvalue weighted by molar-refractivity contribution is 5.15. The summed E-state index contributed by atoms with van der Waals surface area (Å²) < 4.78 is 50.0. The van der Waals surface area contributed by atoms with E-state index in [9.17, 15) is 46.0 Å². The van der Waals surface area contributed by atoms with Crippen molar-refractivity contribution in [3.63, 3.8) is 0 Å². The highest BCUT2D eigenvalue weighted by Gasteiger charge is 2.69. The molecule has 5 heterocycles. The van der Waals surface area contributed by atoms with Crippen LogP contribution in [0.1, 0.15) is 98.8 Å². The molecule has 4 aliphatic carbocycles. The third-order valence-electron chi connectivity index (χ3n) is 18.2. The van der Waals surface area contributed by atoms with Gasteiger partial charge in [-0.05, 0) is 111 Å². The zero-order valence-electron chi connectivity index (χ0n) is 36.8. The second kappa shape index (κ2) is 17.4. The second-order valence-electron chi connectivity index (χ2n) is 21.5. The molecule has 5 saturated heterocycles. The lowest BCUT2D eigenvalue weighted by atomic mass is 9.44. The van der Waals surface area contributed by atoms with E-state index in [0.29, 0.717) is 47.8 Å². The molecule has 9 aliphatic rings. The first-order valence-corrected chi connectivity index (χ1v) is 23.7. The molecule has 0 aromatic carbocycles. The minimum Gasteiger partial charge on any atom is -0.394 e. The molecule has 27 atom stereocenters. The van der Waals surface area contributed by atoms with Gasteiger partial charge in [0.05, 0.1) is 38.1 Å². The van der Waals surface area contributed by atoms with Gasteiger partial charge in [-0.15, -0.1) is 0 Å². The molecule has 356 valence electrons. The van der Waals surface area contributed by atoms with Gasteiger partial charge in [0.1, 0.15) is 67.1 Å². The smallest absolute Gasteiger partial charge is 0.187 e. The summed E-state index contributed by atoms with van der Waals surface area (Å²) in [5.74, 6) is 3.15. The molecule has 1 spiro atoms. The van der Waals surface area contributed by atoms with E-state index < -0.39 is 111 Å². The van der Waals surface area contributed by atoms with Gasteiger partial charge in [-0.2, -0.15) is 0 Å². The number of aliphatic hydroxyl groups is 9. The molecular formula is C45H74O17. The van der Waals surface area contributed by atoms with Gasteiger partial charge in [0.15, 0.2) is 24.7 Å². The molecule has 17 heteroatoms. The summed E-state index contributed by atoms with van der Waals surface area (Å²) in [5.41, 5.74) is 0.311. The van der Waals surface area contributed by atoms with Gasteiger partial charge in [0, 0.05) is 12.3 Å². The zero-order valence-corrected chi connectivity index (χ0v) is 36.8. The molecule has 9 N–H and O–H groups in total. The van der Waals surface area contributed by atoms with Gasteiger partial charge in [0.2, 0.25) is 0 Å². The van der Waals surface area contributed by atoms with E-state index in [-0.39, 0.29) is 23.0 Å². The van der Waals surface area contributed by atoms with Crippen LogP contribution in [-0.4, -0.2) is 176 Å². The Morgan fingerprint density at radius 1 is 0.581 bits per heavy atom. The number of rotatable bonds is 8. The fraction of sp³-hybridized carbons (Fsp3) is 1.00. The lowest BCUT2D eigenvalue weighted by Crippen LogP contribution is -2.67. The Bertz CT molecular complexity index is 1550. The molecule has 0 aromatic heterocycles. The standard InChI is InChI=1S/C45H74O17/c1-19-8-13-45(55-18-19)20(2)30-27(62-45)15-26-24-7-6-22-14-23(9-11-43(22,4)25(24)10-12-44(26,30)5)57-42-39(61-41-36(53)34(51)32(49)28(16-46)58-41)37(54)38(29(17-47)59-42)60-40-35(52)33(50)31(48)21(3)56-40/h19-42,46-54H,6-18H2,1-5H3/t19-,20-,21-,22+,23-,24+,25?,26?,27-,28+,29+,30-,31-,32+,33+,34-,35+,36+,37-,38+,39+,40-,41-,42+,43-,44-,45+/m0/s1. The minimum atomic E-state index is -1.81. The second-order valence-corrected chi connectivity index (χ2v) is 21.5. The van der Waals surface area contributed by atoms with E-state index in [0.717, 1.165) is 51.6 Å². The molecule has 2 unspecified atom stereocenters. The van der Waals surface area contributed by atoms with Crippen LogP contribution in [0.15, 0.2) is 0 Å². The molecule has 9 fully saturated rings. The normalized spacial score (nSPS) is 58.9. The molecule has 62 heavy (non-hydrogen) atoms. The van der Waals surface area contributed by atoms with Gasteiger partial charge in [-0.1, -0.05) is 27.7 Å². The molecule has 0 radical (unpaired) electrons. The molecule has 0 amide bonds. The van der Waals surface area contributed by atoms with Gasteiger partial charge >= 0.3 is 0 Å². The quantitative estimate of drug-likeness (QED) is 0.149. The molecule has 5 aliphatic heterocycles. The Labute approximate surface area is 364 Å². The van der Waals surface area contributed by atoms with E-state index in [1.54, 1.807) is 0 Å². The van der Waals surface area contributed by atoms with E-state index >= 15 is 0 Å². The highest BCUT2D eigenvalue weighted by Crippen LogP contribution is 2.71. The van der Waals surface area contributed by atoms with Crippen molar-refractivity contribution in [2.75, 3.05) is 19.8 Å². The fourth-order valence-corrected chi connectivity index (χ4v) is 14.6. The van der Waals surface area contributed by atoms with Crippen molar-refractivity contribution in [3.05, 3.63) is 0 Å². The van der Waals surface area contributed by atoms with Gasteiger partial charge in [-0.3, -0.25) is 0 Å². The van der Waals surface area contributed by atoms with Gasteiger partial charge in [-0.25, -0.2) is 0 Å². The third kappa shape index (κ3) is 7.56. The SMILES string of the molecule is C[C@H]1CC[C@@]2(OC1)O[C@H]1CC3[C@@H]4CC[C@@H]5C[C@@H](O[C@@H]6O[C@H](CO)[C@@H](O[C@@H]7O[C@@H](C)[C@H](O)[C@@H](O)[C@H]7O)[C@H](O)[C@H]6O[C@@H]6O[C@H](CO)[C@@H](O)[C@H](O)[C@H]6O)CC[C@]5(C)C4CC[C@]3(C)[C@H]1[C@@H]2C. The minimum absolute atomic E-state index is 0.0972. The summed E-state index contributed by atoms with van der Waals surface area (Å²) in [7, 11) is 0. The first kappa shape index (κ1) is 46.4. The molecule has 9 rings (SSSR count). The van der Waals surface area contributed by atoms with Crippen molar-refractivity contribution in [2.24, 2.45) is 52.3 Å². The average Bonchev–Trinajstić information content (AvgIpc) is 3.70. The van der Waals surface area contributed by atoms with Crippen LogP contribution < -0.4 is 0 Å². The predicted octanol–water partition coefficient (Wildman–Crippen LogP) is 0.294. The van der Waals surface area contributed by atoms with Crippen LogP contribution in [0, 0.1) is 52.3 Å². The van der Waals surface area contributed by atoms with Crippen LogP contribution in [0.25, 0.3) is 0 Å². The van der Waals surface area contributed by atoms with Crippen molar-refractivity contribution in [1.82, 2.24) is 0 Å². The Hall–Kier alpha value is -0.680. The molecule has 17 nitrogen and oxygen atoms in total.